The molecule has 0 saturated carbocycles. The van der Waals surface area contributed by atoms with Crippen molar-refractivity contribution < 1.29 is 14.6 Å². The van der Waals surface area contributed by atoms with Crippen LogP contribution in [-0.4, -0.2) is 53.9 Å². The van der Waals surface area contributed by atoms with Crippen molar-refractivity contribution in [1.29, 1.82) is 0 Å². The van der Waals surface area contributed by atoms with Gasteiger partial charge in [0.2, 0.25) is 5.91 Å². The summed E-state index contributed by atoms with van der Waals surface area (Å²) in [7, 11) is 0. The van der Waals surface area contributed by atoms with E-state index in [-0.39, 0.29) is 30.8 Å². The first-order chi connectivity index (χ1) is 9.89. The molecule has 6 nitrogen and oxygen atoms in total. The van der Waals surface area contributed by atoms with Gasteiger partial charge in [0.25, 0.3) is 0 Å². The molecule has 116 valence electrons. The number of morpholine rings is 1. The number of ether oxygens (including phenoxy) is 1. The summed E-state index contributed by atoms with van der Waals surface area (Å²) in [5.74, 6) is -0.123. The van der Waals surface area contributed by atoms with Crippen LogP contribution in [0.2, 0.25) is 0 Å². The fourth-order valence-electron chi connectivity index (χ4n) is 2.64. The molecular formula is C15H23N3O3. The molecule has 1 heterocycles. The van der Waals surface area contributed by atoms with Gasteiger partial charge in [0, 0.05) is 13.1 Å². The number of carbonyl (C=O) groups is 1. The Hall–Kier alpha value is -1.63. The molecule has 1 aromatic rings. The molecule has 0 aromatic heterocycles. The van der Waals surface area contributed by atoms with Gasteiger partial charge in [-0.1, -0.05) is 12.1 Å². The van der Waals surface area contributed by atoms with Crippen LogP contribution in [0.15, 0.2) is 24.3 Å². The van der Waals surface area contributed by atoms with E-state index in [2.05, 4.69) is 5.32 Å². The molecule has 1 saturated heterocycles. The van der Waals surface area contributed by atoms with Gasteiger partial charge in [0.1, 0.15) is 0 Å². The average molecular weight is 293 g/mol. The second-order valence-corrected chi connectivity index (χ2v) is 5.99. The number of anilines is 2. The predicted octanol–water partition coefficient (Wildman–Crippen LogP) is 0.679. The Morgan fingerprint density at radius 2 is 2.24 bits per heavy atom. The molecule has 0 bridgehead atoms. The summed E-state index contributed by atoms with van der Waals surface area (Å²) in [6.45, 7) is 5.29. The number of rotatable bonds is 4. The average Bonchev–Trinajstić information content (AvgIpc) is 2.39. The maximum Gasteiger partial charge on any atom is 0.238 e. The van der Waals surface area contributed by atoms with E-state index < -0.39 is 0 Å². The normalized spacial score (nSPS) is 22.0. The second-order valence-electron chi connectivity index (χ2n) is 5.99. The first-order valence-electron chi connectivity index (χ1n) is 7.05. The monoisotopic (exact) mass is 293 g/mol. The topological polar surface area (TPSA) is 87.8 Å². The standard InChI is InChI=1S/C15H23N3O3/c1-15(2)10-18(7-11(9-19)21-15)8-14(20)17-13-6-4-3-5-12(13)16/h3-6,11,19H,7-10,16H2,1-2H3,(H,17,20). The molecule has 1 aliphatic heterocycles. The number of nitrogens with zero attached hydrogens (tertiary/aromatic N) is 1. The number of nitrogens with one attached hydrogen (secondary N) is 1. The van der Waals surface area contributed by atoms with E-state index in [4.69, 9.17) is 10.5 Å². The van der Waals surface area contributed by atoms with Crippen molar-refractivity contribution >= 4 is 17.3 Å². The SMILES string of the molecule is CC1(C)CN(CC(=O)Nc2ccccc2N)CC(CO)O1. The first-order valence-corrected chi connectivity index (χ1v) is 7.05. The lowest BCUT2D eigenvalue weighted by atomic mass is 10.1. The third-order valence-electron chi connectivity index (χ3n) is 3.36. The minimum atomic E-state index is -0.377. The zero-order valence-corrected chi connectivity index (χ0v) is 12.5. The molecule has 1 unspecified atom stereocenters. The van der Waals surface area contributed by atoms with Crippen molar-refractivity contribution in [1.82, 2.24) is 4.90 Å². The fourth-order valence-corrected chi connectivity index (χ4v) is 2.64. The van der Waals surface area contributed by atoms with E-state index in [9.17, 15) is 9.90 Å². The van der Waals surface area contributed by atoms with Gasteiger partial charge >= 0.3 is 0 Å². The maximum atomic E-state index is 12.1. The lowest BCUT2D eigenvalue weighted by molar-refractivity contribution is -0.151. The number of aliphatic hydroxyl groups is 1. The van der Waals surface area contributed by atoms with Gasteiger partial charge in [-0.2, -0.15) is 0 Å². The summed E-state index contributed by atoms with van der Waals surface area (Å²) < 4.78 is 5.73. The van der Waals surface area contributed by atoms with Crippen molar-refractivity contribution in [3.8, 4) is 0 Å². The Balaban J connectivity index is 1.94. The quantitative estimate of drug-likeness (QED) is 0.711. The highest BCUT2D eigenvalue weighted by molar-refractivity contribution is 5.95. The molecule has 0 spiro atoms. The Kier molecular flexibility index (Phi) is 4.82. The lowest BCUT2D eigenvalue weighted by Gasteiger charge is -2.42. The van der Waals surface area contributed by atoms with Crippen molar-refractivity contribution in [2.24, 2.45) is 0 Å². The van der Waals surface area contributed by atoms with Gasteiger partial charge in [0.15, 0.2) is 0 Å². The Morgan fingerprint density at radius 3 is 2.90 bits per heavy atom. The van der Waals surface area contributed by atoms with Gasteiger partial charge in [-0.05, 0) is 26.0 Å². The molecular weight excluding hydrogens is 270 g/mol. The third-order valence-corrected chi connectivity index (χ3v) is 3.36. The highest BCUT2D eigenvalue weighted by Crippen LogP contribution is 2.21. The maximum absolute atomic E-state index is 12.1. The Bertz CT molecular complexity index is 505. The number of nitrogen functional groups attached to an aromatic ring is 1. The lowest BCUT2D eigenvalue weighted by Crippen LogP contribution is -2.55. The molecule has 1 fully saturated rings. The van der Waals surface area contributed by atoms with Crippen molar-refractivity contribution in [3.05, 3.63) is 24.3 Å². The van der Waals surface area contributed by atoms with Crippen molar-refractivity contribution in [3.63, 3.8) is 0 Å². The molecule has 21 heavy (non-hydrogen) atoms. The summed E-state index contributed by atoms with van der Waals surface area (Å²) in [4.78, 5) is 14.1. The fraction of sp³-hybridized carbons (Fsp3) is 0.533. The number of carbonyl (C=O) groups excluding carboxylic acids is 1. The molecule has 1 amide bonds. The third kappa shape index (κ3) is 4.42. The summed E-state index contributed by atoms with van der Waals surface area (Å²) in [6.07, 6.45) is -0.261. The van der Waals surface area contributed by atoms with Crippen LogP contribution in [0, 0.1) is 0 Å². The van der Waals surface area contributed by atoms with Crippen LogP contribution in [-0.2, 0) is 9.53 Å². The smallest absolute Gasteiger partial charge is 0.238 e. The second kappa shape index (κ2) is 6.43. The number of benzene rings is 1. The molecule has 2 rings (SSSR count). The number of hydrogen-bond donors (Lipinski definition) is 3. The van der Waals surface area contributed by atoms with Crippen LogP contribution in [0.25, 0.3) is 0 Å². The Morgan fingerprint density at radius 1 is 1.52 bits per heavy atom. The van der Waals surface area contributed by atoms with E-state index >= 15 is 0 Å². The zero-order valence-electron chi connectivity index (χ0n) is 12.5. The molecule has 1 aliphatic rings. The van der Waals surface area contributed by atoms with Gasteiger partial charge in [-0.25, -0.2) is 0 Å². The number of hydrogen-bond acceptors (Lipinski definition) is 5. The van der Waals surface area contributed by atoms with Crippen LogP contribution in [0.5, 0.6) is 0 Å². The molecule has 1 aromatic carbocycles. The highest BCUT2D eigenvalue weighted by Gasteiger charge is 2.33. The van der Waals surface area contributed by atoms with E-state index in [0.29, 0.717) is 24.5 Å². The number of amides is 1. The minimum Gasteiger partial charge on any atom is -0.397 e. The Labute approximate surface area is 124 Å². The first kappa shape index (κ1) is 15.8. The predicted molar refractivity (Wildman–Crippen MR) is 82.0 cm³/mol. The molecule has 6 heteroatoms. The van der Waals surface area contributed by atoms with Gasteiger partial charge in [0.05, 0.1) is 36.2 Å². The largest absolute Gasteiger partial charge is 0.397 e. The number of para-hydroxylation sites is 2. The molecule has 4 N–H and O–H groups in total. The van der Waals surface area contributed by atoms with E-state index in [1.54, 1.807) is 12.1 Å². The molecule has 0 radical (unpaired) electrons. The summed E-state index contributed by atoms with van der Waals surface area (Å²) in [5.41, 5.74) is 6.59. The van der Waals surface area contributed by atoms with E-state index in [1.807, 2.05) is 30.9 Å². The molecule has 1 atom stereocenters. The van der Waals surface area contributed by atoms with E-state index in [1.165, 1.54) is 0 Å². The zero-order chi connectivity index (χ0) is 15.5. The van der Waals surface area contributed by atoms with Crippen LogP contribution < -0.4 is 11.1 Å². The van der Waals surface area contributed by atoms with Crippen molar-refractivity contribution in [2.75, 3.05) is 37.3 Å². The molecule has 0 aliphatic carbocycles. The minimum absolute atomic E-state index is 0.0484. The van der Waals surface area contributed by atoms with Gasteiger partial charge in [-0.15, -0.1) is 0 Å². The number of nitrogens with two attached hydrogens (primary N) is 1. The van der Waals surface area contributed by atoms with Gasteiger partial charge < -0.3 is 20.9 Å². The van der Waals surface area contributed by atoms with Crippen molar-refractivity contribution in [2.45, 2.75) is 25.6 Å². The van der Waals surface area contributed by atoms with Crippen LogP contribution in [0.1, 0.15) is 13.8 Å². The van der Waals surface area contributed by atoms with Crippen LogP contribution in [0.3, 0.4) is 0 Å². The van der Waals surface area contributed by atoms with Gasteiger partial charge in [-0.3, -0.25) is 9.69 Å². The summed E-state index contributed by atoms with van der Waals surface area (Å²) in [5, 5.41) is 12.1. The van der Waals surface area contributed by atoms with E-state index in [0.717, 1.165) is 0 Å². The number of aliphatic hydroxyl groups excluding tert-OH is 1. The summed E-state index contributed by atoms with van der Waals surface area (Å²) in [6, 6.07) is 7.16. The summed E-state index contributed by atoms with van der Waals surface area (Å²) >= 11 is 0. The van der Waals surface area contributed by atoms with Crippen LogP contribution in [0.4, 0.5) is 11.4 Å². The van der Waals surface area contributed by atoms with Crippen LogP contribution >= 0.6 is 0 Å². The highest BCUT2D eigenvalue weighted by atomic mass is 16.5.